The molecule has 1 fully saturated rings. The van der Waals surface area contributed by atoms with Gasteiger partial charge in [0.25, 0.3) is 5.92 Å². The molecule has 0 bridgehead atoms. The maximum absolute atomic E-state index is 12.9. The van der Waals surface area contributed by atoms with E-state index in [2.05, 4.69) is 0 Å². The highest BCUT2D eigenvalue weighted by Crippen LogP contribution is 2.27. The maximum atomic E-state index is 12.9. The number of rotatable bonds is 4. The average Bonchev–Trinajstić information content (AvgIpc) is 2.40. The Morgan fingerprint density at radius 1 is 1.21 bits per heavy atom. The highest BCUT2D eigenvalue weighted by Gasteiger charge is 2.34. The highest BCUT2D eigenvalue weighted by molar-refractivity contribution is 5.71. The molecule has 0 aromatic heterocycles. The molecule has 1 aliphatic heterocycles. The van der Waals surface area contributed by atoms with Crippen LogP contribution < -0.4 is 0 Å². The van der Waals surface area contributed by atoms with E-state index in [0.29, 0.717) is 0 Å². The second-order valence-electron chi connectivity index (χ2n) is 4.78. The predicted octanol–water partition coefficient (Wildman–Crippen LogP) is 2.46. The Labute approximate surface area is 111 Å². The summed E-state index contributed by atoms with van der Waals surface area (Å²) in [5, 5.41) is 0. The lowest BCUT2D eigenvalue weighted by Gasteiger charge is -2.30. The largest absolute Gasteiger partial charge is 0.460 e. The van der Waals surface area contributed by atoms with Crippen LogP contribution in [0.3, 0.4) is 0 Å². The van der Waals surface area contributed by atoms with Crippen LogP contribution in [0.25, 0.3) is 0 Å². The summed E-state index contributed by atoms with van der Waals surface area (Å²) >= 11 is 0. The first-order valence-electron chi connectivity index (χ1n) is 6.35. The minimum absolute atomic E-state index is 0.0862. The first kappa shape index (κ1) is 13.9. The third-order valence-electron chi connectivity index (χ3n) is 3.18. The Morgan fingerprint density at radius 2 is 1.84 bits per heavy atom. The Morgan fingerprint density at radius 3 is 2.47 bits per heavy atom. The number of ether oxygens (including phenoxy) is 1. The number of nitrogens with zero attached hydrogens (tertiary/aromatic N) is 1. The average molecular weight is 269 g/mol. The quantitative estimate of drug-likeness (QED) is 0.786. The van der Waals surface area contributed by atoms with Gasteiger partial charge in [-0.15, -0.1) is 0 Å². The van der Waals surface area contributed by atoms with Crippen LogP contribution in [-0.4, -0.2) is 36.4 Å². The summed E-state index contributed by atoms with van der Waals surface area (Å²) in [6.45, 7) is 0.799. The molecule has 0 radical (unpaired) electrons. The van der Waals surface area contributed by atoms with Crippen LogP contribution in [0.4, 0.5) is 8.78 Å². The molecule has 19 heavy (non-hydrogen) atoms. The van der Waals surface area contributed by atoms with Gasteiger partial charge in [-0.05, 0) is 5.56 Å². The van der Waals surface area contributed by atoms with Crippen molar-refractivity contribution in [2.45, 2.75) is 25.4 Å². The predicted molar refractivity (Wildman–Crippen MR) is 66.9 cm³/mol. The first-order valence-corrected chi connectivity index (χ1v) is 6.35. The molecule has 0 unspecified atom stereocenters. The monoisotopic (exact) mass is 269 g/mol. The molecular formula is C14H17F2NO2. The van der Waals surface area contributed by atoms with Crippen molar-refractivity contribution in [1.29, 1.82) is 0 Å². The van der Waals surface area contributed by atoms with Gasteiger partial charge in [-0.25, -0.2) is 8.78 Å². The van der Waals surface area contributed by atoms with Gasteiger partial charge >= 0.3 is 5.97 Å². The first-order chi connectivity index (χ1) is 9.05. The number of halogens is 2. The second-order valence-corrected chi connectivity index (χ2v) is 4.78. The van der Waals surface area contributed by atoms with E-state index in [-0.39, 0.29) is 45.1 Å². The second kappa shape index (κ2) is 6.10. The van der Waals surface area contributed by atoms with E-state index >= 15 is 0 Å². The molecule has 3 nitrogen and oxygen atoms in total. The molecule has 5 heteroatoms. The van der Waals surface area contributed by atoms with Crippen LogP contribution in [0.1, 0.15) is 18.4 Å². The van der Waals surface area contributed by atoms with Crippen molar-refractivity contribution in [1.82, 2.24) is 4.90 Å². The minimum atomic E-state index is -2.58. The molecule has 2 rings (SSSR count). The fourth-order valence-electron chi connectivity index (χ4n) is 2.00. The van der Waals surface area contributed by atoms with Gasteiger partial charge in [0.2, 0.25) is 0 Å². The number of hydrogen-bond donors (Lipinski definition) is 0. The summed E-state index contributed by atoms with van der Waals surface area (Å²) in [6, 6.07) is 9.37. The van der Waals surface area contributed by atoms with Crippen molar-refractivity contribution in [3.05, 3.63) is 35.9 Å². The third kappa shape index (κ3) is 4.59. The molecule has 0 saturated carbocycles. The third-order valence-corrected chi connectivity index (χ3v) is 3.18. The van der Waals surface area contributed by atoms with Crippen molar-refractivity contribution in [3.8, 4) is 0 Å². The summed E-state index contributed by atoms with van der Waals surface area (Å²) < 4.78 is 31.0. The number of likely N-dealkylation sites (tertiary alicyclic amines) is 1. The smallest absolute Gasteiger partial charge is 0.320 e. The van der Waals surface area contributed by atoms with Crippen LogP contribution in [0.5, 0.6) is 0 Å². The fraction of sp³-hybridized carbons (Fsp3) is 0.500. The molecule has 0 spiro atoms. The van der Waals surface area contributed by atoms with Crippen molar-refractivity contribution in [3.63, 3.8) is 0 Å². The number of benzene rings is 1. The van der Waals surface area contributed by atoms with Crippen LogP contribution >= 0.6 is 0 Å². The zero-order valence-electron chi connectivity index (χ0n) is 10.6. The van der Waals surface area contributed by atoms with Crippen LogP contribution in [-0.2, 0) is 16.1 Å². The minimum Gasteiger partial charge on any atom is -0.460 e. The molecule has 0 aliphatic carbocycles. The Balaban J connectivity index is 1.70. The van der Waals surface area contributed by atoms with Crippen molar-refractivity contribution < 1.29 is 18.3 Å². The summed E-state index contributed by atoms with van der Waals surface area (Å²) in [5.41, 5.74) is 0.918. The van der Waals surface area contributed by atoms with Crippen molar-refractivity contribution >= 4 is 5.97 Å². The molecule has 1 aromatic rings. The zero-order valence-corrected chi connectivity index (χ0v) is 10.6. The Bertz CT molecular complexity index is 413. The number of carbonyl (C=O) groups is 1. The lowest BCUT2D eigenvalue weighted by Crippen LogP contribution is -2.42. The Hall–Kier alpha value is -1.49. The number of piperidine rings is 1. The molecule has 1 aliphatic rings. The molecule has 1 aromatic carbocycles. The number of alkyl halides is 2. The van der Waals surface area contributed by atoms with Gasteiger partial charge in [0.1, 0.15) is 6.61 Å². The maximum Gasteiger partial charge on any atom is 0.320 e. The Kier molecular flexibility index (Phi) is 4.47. The summed E-state index contributed by atoms with van der Waals surface area (Å²) in [6.07, 6.45) is -0.363. The van der Waals surface area contributed by atoms with Gasteiger partial charge in [-0.3, -0.25) is 9.69 Å². The van der Waals surface area contributed by atoms with Crippen LogP contribution in [0, 0.1) is 0 Å². The normalized spacial score (nSPS) is 19.1. The van der Waals surface area contributed by atoms with E-state index in [4.69, 9.17) is 4.74 Å². The standard InChI is InChI=1S/C14H17F2NO2/c15-14(16)6-8-17(9-7-14)10-13(18)19-11-12-4-2-1-3-5-12/h1-5H,6-11H2. The topological polar surface area (TPSA) is 29.5 Å². The number of carbonyl (C=O) groups excluding carboxylic acids is 1. The zero-order chi connectivity index (χ0) is 13.7. The summed E-state index contributed by atoms with van der Waals surface area (Å²) in [5.74, 6) is -2.95. The molecular weight excluding hydrogens is 252 g/mol. The van der Waals surface area contributed by atoms with E-state index in [1.165, 1.54) is 0 Å². The van der Waals surface area contributed by atoms with E-state index in [9.17, 15) is 13.6 Å². The highest BCUT2D eigenvalue weighted by atomic mass is 19.3. The van der Waals surface area contributed by atoms with Crippen molar-refractivity contribution in [2.24, 2.45) is 0 Å². The van der Waals surface area contributed by atoms with Gasteiger partial charge in [0.05, 0.1) is 6.54 Å². The van der Waals surface area contributed by atoms with Crippen LogP contribution in [0.15, 0.2) is 30.3 Å². The lowest BCUT2D eigenvalue weighted by molar-refractivity contribution is -0.148. The number of esters is 1. The van der Waals surface area contributed by atoms with Crippen LogP contribution in [0.2, 0.25) is 0 Å². The van der Waals surface area contributed by atoms with Gasteiger partial charge in [-0.2, -0.15) is 0 Å². The van der Waals surface area contributed by atoms with E-state index in [1.54, 1.807) is 4.90 Å². The SMILES string of the molecule is O=C(CN1CCC(F)(F)CC1)OCc1ccccc1. The van der Waals surface area contributed by atoms with E-state index in [1.807, 2.05) is 30.3 Å². The van der Waals surface area contributed by atoms with E-state index < -0.39 is 5.92 Å². The molecule has 0 amide bonds. The summed E-state index contributed by atoms with van der Waals surface area (Å²) in [4.78, 5) is 13.3. The molecule has 0 N–H and O–H groups in total. The molecule has 0 atom stereocenters. The van der Waals surface area contributed by atoms with Crippen molar-refractivity contribution in [2.75, 3.05) is 19.6 Å². The van der Waals surface area contributed by atoms with Gasteiger partial charge in [0, 0.05) is 25.9 Å². The molecule has 104 valence electrons. The van der Waals surface area contributed by atoms with Gasteiger partial charge < -0.3 is 4.74 Å². The molecule has 1 heterocycles. The van der Waals surface area contributed by atoms with Gasteiger partial charge in [-0.1, -0.05) is 30.3 Å². The number of hydrogen-bond acceptors (Lipinski definition) is 3. The lowest BCUT2D eigenvalue weighted by atomic mass is 10.1. The van der Waals surface area contributed by atoms with E-state index in [0.717, 1.165) is 5.56 Å². The fourth-order valence-corrected chi connectivity index (χ4v) is 2.00. The van der Waals surface area contributed by atoms with Gasteiger partial charge in [0.15, 0.2) is 0 Å². The summed E-state index contributed by atoms with van der Waals surface area (Å²) in [7, 11) is 0. The molecule has 1 saturated heterocycles.